The molecule has 0 saturated carbocycles. The summed E-state index contributed by atoms with van der Waals surface area (Å²) in [4.78, 5) is 30.5. The van der Waals surface area contributed by atoms with E-state index in [4.69, 9.17) is 9.47 Å². The lowest BCUT2D eigenvalue weighted by Crippen LogP contribution is -2.47. The van der Waals surface area contributed by atoms with E-state index in [0.717, 1.165) is 17.7 Å². The van der Waals surface area contributed by atoms with Crippen LogP contribution in [0.2, 0.25) is 0 Å². The molecule has 2 aromatic rings. The van der Waals surface area contributed by atoms with Gasteiger partial charge in [-0.15, -0.1) is 11.3 Å². The topological polar surface area (TPSA) is 59.1 Å². The predicted molar refractivity (Wildman–Crippen MR) is 111 cm³/mol. The van der Waals surface area contributed by atoms with Crippen LogP contribution in [0.15, 0.2) is 41.8 Å². The number of benzene rings is 1. The lowest BCUT2D eigenvalue weighted by molar-refractivity contribution is -0.141. The number of morpholine rings is 1. The normalized spacial score (nSPS) is 17.9. The van der Waals surface area contributed by atoms with Gasteiger partial charge in [0.15, 0.2) is 0 Å². The van der Waals surface area contributed by atoms with Gasteiger partial charge in [0.05, 0.1) is 13.2 Å². The van der Waals surface area contributed by atoms with Crippen molar-refractivity contribution in [1.29, 1.82) is 0 Å². The Kier molecular flexibility index (Phi) is 6.46. The van der Waals surface area contributed by atoms with Gasteiger partial charge >= 0.3 is 0 Å². The molecule has 0 radical (unpaired) electrons. The number of ether oxygens (including phenoxy) is 2. The van der Waals surface area contributed by atoms with Crippen molar-refractivity contribution in [2.75, 3.05) is 39.4 Å². The second-order valence-corrected chi connectivity index (χ2v) is 8.43. The first kappa shape index (κ1) is 19.9. The Morgan fingerprint density at radius 2 is 1.83 bits per heavy atom. The van der Waals surface area contributed by atoms with Gasteiger partial charge in [0.2, 0.25) is 5.91 Å². The largest absolute Gasteiger partial charge is 0.488 e. The van der Waals surface area contributed by atoms with Gasteiger partial charge < -0.3 is 19.3 Å². The van der Waals surface area contributed by atoms with Crippen LogP contribution in [0.5, 0.6) is 5.75 Å². The van der Waals surface area contributed by atoms with Gasteiger partial charge in [-0.1, -0.05) is 12.1 Å². The van der Waals surface area contributed by atoms with Crippen molar-refractivity contribution in [2.24, 2.45) is 5.92 Å². The number of hydrogen-bond acceptors (Lipinski definition) is 5. The number of amides is 2. The van der Waals surface area contributed by atoms with E-state index >= 15 is 0 Å². The Hall–Kier alpha value is -2.38. The summed E-state index contributed by atoms with van der Waals surface area (Å²) in [7, 11) is 0. The fraction of sp³-hybridized carbons (Fsp3) is 0.455. The number of carbonyl (C=O) groups excluding carboxylic acids is 2. The number of nitrogens with zero attached hydrogens (tertiary/aromatic N) is 2. The number of thiophene rings is 1. The minimum atomic E-state index is 0.00356. The molecule has 154 valence electrons. The molecule has 0 spiro atoms. The van der Waals surface area contributed by atoms with E-state index in [2.05, 4.69) is 0 Å². The number of rotatable bonds is 5. The van der Waals surface area contributed by atoms with Crippen molar-refractivity contribution in [3.05, 3.63) is 52.2 Å². The average molecular weight is 415 g/mol. The SMILES string of the molecule is O=C(c1cccc(OCc2cccs2)c1)N1CCC(C(=O)N2CCOCC2)CC1. The lowest BCUT2D eigenvalue weighted by atomic mass is 9.94. The van der Waals surface area contributed by atoms with Gasteiger partial charge in [0.25, 0.3) is 5.91 Å². The van der Waals surface area contributed by atoms with Crippen molar-refractivity contribution in [2.45, 2.75) is 19.4 Å². The molecule has 0 aliphatic carbocycles. The maximum absolute atomic E-state index is 12.9. The summed E-state index contributed by atoms with van der Waals surface area (Å²) in [6.07, 6.45) is 1.44. The van der Waals surface area contributed by atoms with Crippen LogP contribution < -0.4 is 4.74 Å². The molecule has 2 amide bonds. The van der Waals surface area contributed by atoms with Gasteiger partial charge in [-0.3, -0.25) is 9.59 Å². The van der Waals surface area contributed by atoms with Crippen molar-refractivity contribution in [3.63, 3.8) is 0 Å². The molecule has 3 heterocycles. The molecular formula is C22H26N2O4S. The van der Waals surface area contributed by atoms with E-state index in [0.29, 0.717) is 57.3 Å². The highest BCUT2D eigenvalue weighted by Gasteiger charge is 2.31. The van der Waals surface area contributed by atoms with Crippen molar-refractivity contribution >= 4 is 23.2 Å². The molecule has 0 bridgehead atoms. The first-order valence-electron chi connectivity index (χ1n) is 10.1. The summed E-state index contributed by atoms with van der Waals surface area (Å²) in [6.45, 7) is 4.32. The summed E-state index contributed by atoms with van der Waals surface area (Å²) >= 11 is 1.65. The Morgan fingerprint density at radius 1 is 1.03 bits per heavy atom. The van der Waals surface area contributed by atoms with E-state index in [9.17, 15) is 9.59 Å². The first-order valence-corrected chi connectivity index (χ1v) is 11.0. The summed E-state index contributed by atoms with van der Waals surface area (Å²) in [5.74, 6) is 0.924. The molecule has 0 unspecified atom stereocenters. The van der Waals surface area contributed by atoms with Gasteiger partial charge in [-0.05, 0) is 42.5 Å². The van der Waals surface area contributed by atoms with Crippen LogP contribution in [0.4, 0.5) is 0 Å². The predicted octanol–water partition coefficient (Wildman–Crippen LogP) is 3.04. The third-order valence-electron chi connectivity index (χ3n) is 5.50. The number of hydrogen-bond donors (Lipinski definition) is 0. The van der Waals surface area contributed by atoms with Crippen LogP contribution in [-0.2, 0) is 16.1 Å². The summed E-state index contributed by atoms with van der Waals surface area (Å²) < 4.78 is 11.1. The van der Waals surface area contributed by atoms with Crippen LogP contribution in [0.25, 0.3) is 0 Å². The zero-order chi connectivity index (χ0) is 20.1. The summed E-state index contributed by atoms with van der Waals surface area (Å²) in [5.41, 5.74) is 0.631. The molecule has 0 N–H and O–H groups in total. The van der Waals surface area contributed by atoms with Gasteiger partial charge in [0, 0.05) is 42.5 Å². The fourth-order valence-electron chi connectivity index (χ4n) is 3.82. The Labute approximate surface area is 175 Å². The van der Waals surface area contributed by atoms with Crippen LogP contribution >= 0.6 is 11.3 Å². The zero-order valence-electron chi connectivity index (χ0n) is 16.4. The molecule has 2 saturated heterocycles. The van der Waals surface area contributed by atoms with Crippen LogP contribution in [-0.4, -0.2) is 61.0 Å². The minimum absolute atomic E-state index is 0.00356. The number of likely N-dealkylation sites (tertiary alicyclic amines) is 1. The quantitative estimate of drug-likeness (QED) is 0.755. The zero-order valence-corrected chi connectivity index (χ0v) is 17.2. The molecule has 6 nitrogen and oxygen atoms in total. The molecule has 1 aromatic heterocycles. The van der Waals surface area contributed by atoms with E-state index in [1.54, 1.807) is 17.4 Å². The lowest BCUT2D eigenvalue weighted by Gasteiger charge is -2.35. The molecule has 7 heteroatoms. The molecule has 0 atom stereocenters. The van der Waals surface area contributed by atoms with Crippen LogP contribution in [0.3, 0.4) is 0 Å². The van der Waals surface area contributed by atoms with E-state index in [1.165, 1.54) is 0 Å². The Morgan fingerprint density at radius 3 is 2.55 bits per heavy atom. The standard InChI is InChI=1S/C22H26N2O4S/c25-21(24-10-12-27-13-11-24)17-6-8-23(9-7-17)22(26)18-3-1-4-19(15-18)28-16-20-5-2-14-29-20/h1-5,14-15,17H,6-13,16H2. The van der Waals surface area contributed by atoms with E-state index in [1.807, 2.05) is 45.5 Å². The Balaban J connectivity index is 1.31. The molecule has 2 aliphatic rings. The summed E-state index contributed by atoms with van der Waals surface area (Å²) in [5, 5.41) is 2.02. The maximum atomic E-state index is 12.9. The van der Waals surface area contributed by atoms with E-state index < -0.39 is 0 Å². The van der Waals surface area contributed by atoms with Crippen molar-refractivity contribution < 1.29 is 19.1 Å². The van der Waals surface area contributed by atoms with Crippen molar-refractivity contribution in [1.82, 2.24) is 9.80 Å². The monoisotopic (exact) mass is 414 g/mol. The van der Waals surface area contributed by atoms with Crippen LogP contribution in [0, 0.1) is 5.92 Å². The van der Waals surface area contributed by atoms with Crippen molar-refractivity contribution in [3.8, 4) is 5.75 Å². The molecule has 2 aliphatic heterocycles. The third kappa shape index (κ3) is 4.97. The smallest absolute Gasteiger partial charge is 0.253 e. The minimum Gasteiger partial charge on any atom is -0.488 e. The maximum Gasteiger partial charge on any atom is 0.253 e. The highest BCUT2D eigenvalue weighted by atomic mass is 32.1. The molecule has 1 aromatic carbocycles. The fourth-order valence-corrected chi connectivity index (χ4v) is 4.44. The van der Waals surface area contributed by atoms with Gasteiger partial charge in [-0.2, -0.15) is 0 Å². The van der Waals surface area contributed by atoms with Gasteiger partial charge in [0.1, 0.15) is 12.4 Å². The first-order chi connectivity index (χ1) is 14.2. The molecular weight excluding hydrogens is 388 g/mol. The average Bonchev–Trinajstić information content (AvgIpc) is 3.31. The highest BCUT2D eigenvalue weighted by Crippen LogP contribution is 2.23. The number of carbonyl (C=O) groups is 2. The molecule has 4 rings (SSSR count). The molecule has 29 heavy (non-hydrogen) atoms. The number of piperidine rings is 1. The Bertz CT molecular complexity index is 825. The molecule has 2 fully saturated rings. The summed E-state index contributed by atoms with van der Waals surface area (Å²) in [6, 6.07) is 11.4. The van der Waals surface area contributed by atoms with Gasteiger partial charge in [-0.25, -0.2) is 0 Å². The van der Waals surface area contributed by atoms with Crippen LogP contribution in [0.1, 0.15) is 28.1 Å². The second kappa shape index (κ2) is 9.41. The third-order valence-corrected chi connectivity index (χ3v) is 6.35. The highest BCUT2D eigenvalue weighted by molar-refractivity contribution is 7.09. The second-order valence-electron chi connectivity index (χ2n) is 7.40. The van der Waals surface area contributed by atoms with E-state index in [-0.39, 0.29) is 17.7 Å².